The Labute approximate surface area is 244 Å². The minimum absolute atomic E-state index is 0.0387. The molecule has 41 heavy (non-hydrogen) atoms. The van der Waals surface area contributed by atoms with Crippen molar-refractivity contribution in [1.82, 2.24) is 0 Å². The first-order valence-corrected chi connectivity index (χ1v) is 16.7. The molecule has 3 aromatic rings. The number of hydrogen-bond donors (Lipinski definition) is 2. The first-order chi connectivity index (χ1) is 19.3. The fraction of sp³-hybridized carbons (Fsp3) is 0.400. The predicted octanol–water partition coefficient (Wildman–Crippen LogP) is 6.30. The molecule has 3 rings (SSSR count). The number of ether oxygens (including phenoxy) is 1. The fourth-order valence-electron chi connectivity index (χ4n) is 5.15. The third-order valence-corrected chi connectivity index (χ3v) is 9.10. The second-order valence-electron chi connectivity index (χ2n) is 9.60. The Kier molecular flexibility index (Phi) is 10.5. The van der Waals surface area contributed by atoms with Crippen LogP contribution in [0.4, 0.5) is 11.4 Å². The molecule has 0 amide bonds. The summed E-state index contributed by atoms with van der Waals surface area (Å²) >= 11 is 0. The van der Waals surface area contributed by atoms with Crippen LogP contribution in [0.15, 0.2) is 58.3 Å². The van der Waals surface area contributed by atoms with Crippen LogP contribution in [0.25, 0.3) is 22.3 Å². The lowest BCUT2D eigenvalue weighted by atomic mass is 9.90. The highest BCUT2D eigenvalue weighted by molar-refractivity contribution is 7.89. The van der Waals surface area contributed by atoms with Gasteiger partial charge in [-0.25, -0.2) is 0 Å². The molecule has 0 radical (unpaired) electrons. The van der Waals surface area contributed by atoms with E-state index in [1.807, 2.05) is 71.0 Å². The maximum atomic E-state index is 13.0. The summed E-state index contributed by atoms with van der Waals surface area (Å²) in [6.07, 6.45) is 0.494. The monoisotopic (exact) mass is 604 g/mol. The van der Waals surface area contributed by atoms with Gasteiger partial charge in [0, 0.05) is 48.7 Å². The van der Waals surface area contributed by atoms with Gasteiger partial charge >= 0.3 is 0 Å². The molecular formula is C30H40N2O7S2. The molecule has 2 N–H and O–H groups in total. The molecule has 9 nitrogen and oxygen atoms in total. The summed E-state index contributed by atoms with van der Waals surface area (Å²) in [7, 11) is -10.4. The van der Waals surface area contributed by atoms with Crippen molar-refractivity contribution in [3.05, 3.63) is 54.1 Å². The van der Waals surface area contributed by atoms with Crippen molar-refractivity contribution in [3.63, 3.8) is 0 Å². The Hall–Kier alpha value is -3.12. The topological polar surface area (TPSA) is 124 Å². The van der Waals surface area contributed by atoms with Gasteiger partial charge in [0.15, 0.2) is 4.90 Å². The van der Waals surface area contributed by atoms with Crippen molar-refractivity contribution in [2.24, 2.45) is 0 Å². The SMILES string of the molecule is CCCOc1c(C)c(-c2ccc(N(CC)CC)cc2)c(-c2ccc(N(CC)CC)cc2)c(S(=O)(=O)O)c1S(=O)(=O)O. The van der Waals surface area contributed by atoms with Crippen molar-refractivity contribution in [2.75, 3.05) is 42.6 Å². The van der Waals surface area contributed by atoms with Crippen LogP contribution in [-0.4, -0.2) is 58.7 Å². The van der Waals surface area contributed by atoms with E-state index in [1.165, 1.54) is 0 Å². The number of benzene rings is 3. The van der Waals surface area contributed by atoms with Crippen LogP contribution in [0.2, 0.25) is 0 Å². The summed E-state index contributed by atoms with van der Waals surface area (Å²) in [5.41, 5.74) is 3.46. The molecule has 0 aliphatic rings. The first kappa shape index (κ1) is 32.4. The van der Waals surface area contributed by atoms with Crippen molar-refractivity contribution in [2.45, 2.75) is 57.8 Å². The second-order valence-corrected chi connectivity index (χ2v) is 12.3. The average Bonchev–Trinajstić information content (AvgIpc) is 2.93. The number of nitrogens with zero attached hydrogens (tertiary/aromatic N) is 2. The van der Waals surface area contributed by atoms with Gasteiger partial charge in [-0.05, 0) is 82.0 Å². The van der Waals surface area contributed by atoms with Gasteiger partial charge in [-0.1, -0.05) is 31.2 Å². The summed E-state index contributed by atoms with van der Waals surface area (Å²) in [5.74, 6) is -0.312. The zero-order valence-corrected chi connectivity index (χ0v) is 26.1. The van der Waals surface area contributed by atoms with Gasteiger partial charge in [0.25, 0.3) is 20.2 Å². The molecule has 224 valence electrons. The van der Waals surface area contributed by atoms with Gasteiger partial charge in [0.1, 0.15) is 10.6 Å². The van der Waals surface area contributed by atoms with Crippen LogP contribution in [0.3, 0.4) is 0 Å². The highest BCUT2D eigenvalue weighted by Crippen LogP contribution is 2.48. The molecular weight excluding hydrogens is 564 g/mol. The molecule has 0 unspecified atom stereocenters. The maximum Gasteiger partial charge on any atom is 0.299 e. The van der Waals surface area contributed by atoms with E-state index in [9.17, 15) is 25.9 Å². The lowest BCUT2D eigenvalue weighted by Gasteiger charge is -2.25. The van der Waals surface area contributed by atoms with Crippen molar-refractivity contribution >= 4 is 31.6 Å². The van der Waals surface area contributed by atoms with Gasteiger partial charge in [-0.3, -0.25) is 9.11 Å². The van der Waals surface area contributed by atoms with Crippen molar-refractivity contribution < 1.29 is 30.7 Å². The summed E-state index contributed by atoms with van der Waals surface area (Å²) in [6.45, 7) is 14.7. The number of rotatable bonds is 13. The van der Waals surface area contributed by atoms with E-state index in [0.717, 1.165) is 37.6 Å². The second kappa shape index (κ2) is 13.2. The predicted molar refractivity (Wildman–Crippen MR) is 165 cm³/mol. The molecule has 0 fully saturated rings. The van der Waals surface area contributed by atoms with E-state index >= 15 is 0 Å². The highest BCUT2D eigenvalue weighted by atomic mass is 32.2. The zero-order valence-electron chi connectivity index (χ0n) is 24.5. The van der Waals surface area contributed by atoms with E-state index in [0.29, 0.717) is 28.7 Å². The molecule has 0 aromatic heterocycles. The lowest BCUT2D eigenvalue weighted by molar-refractivity contribution is 0.303. The molecule has 0 spiro atoms. The molecule has 0 saturated heterocycles. The Morgan fingerprint density at radius 1 is 0.634 bits per heavy atom. The van der Waals surface area contributed by atoms with E-state index < -0.39 is 30.0 Å². The van der Waals surface area contributed by atoms with Gasteiger partial charge in [-0.15, -0.1) is 0 Å². The molecule has 3 aromatic carbocycles. The number of hydrogen-bond acceptors (Lipinski definition) is 7. The largest absolute Gasteiger partial charge is 0.492 e. The Morgan fingerprint density at radius 2 is 1.02 bits per heavy atom. The van der Waals surface area contributed by atoms with Crippen molar-refractivity contribution in [3.8, 4) is 28.0 Å². The Morgan fingerprint density at radius 3 is 1.37 bits per heavy atom. The van der Waals surface area contributed by atoms with Crippen molar-refractivity contribution in [1.29, 1.82) is 0 Å². The molecule has 0 aliphatic carbocycles. The quantitative estimate of drug-likeness (QED) is 0.216. The van der Waals surface area contributed by atoms with Gasteiger partial charge in [-0.2, -0.15) is 16.8 Å². The standard InChI is InChI=1S/C30H40N2O7S2/c1-7-20-39-28-21(6)26(22-12-16-24(17-13-22)31(8-2)9-3)27(29(40(33,34)35)30(28)41(36,37)38)23-14-18-25(19-15-23)32(10-4)11-5/h12-19H,7-11,20H2,1-6H3,(H,33,34,35)(H,36,37,38). The maximum absolute atomic E-state index is 13.0. The summed E-state index contributed by atoms with van der Waals surface area (Å²) < 4.78 is 78.2. The molecule has 0 heterocycles. The fourth-order valence-corrected chi connectivity index (χ4v) is 7.37. The summed E-state index contributed by atoms with van der Waals surface area (Å²) in [4.78, 5) is 2.37. The molecule has 0 bridgehead atoms. The van der Waals surface area contributed by atoms with E-state index in [-0.39, 0.29) is 17.9 Å². The minimum Gasteiger partial charge on any atom is -0.492 e. The van der Waals surface area contributed by atoms with Crippen LogP contribution < -0.4 is 14.5 Å². The van der Waals surface area contributed by atoms with E-state index in [1.54, 1.807) is 19.1 Å². The van der Waals surface area contributed by atoms with E-state index in [2.05, 4.69) is 9.80 Å². The molecule has 0 aliphatic heterocycles. The minimum atomic E-state index is -5.19. The van der Waals surface area contributed by atoms with E-state index in [4.69, 9.17) is 4.74 Å². The van der Waals surface area contributed by atoms with Gasteiger partial charge in [0.2, 0.25) is 0 Å². The smallest absolute Gasteiger partial charge is 0.299 e. The molecule has 0 saturated carbocycles. The van der Waals surface area contributed by atoms with Gasteiger partial charge < -0.3 is 14.5 Å². The number of anilines is 2. The molecule has 0 atom stereocenters. The van der Waals surface area contributed by atoms with Crippen LogP contribution in [-0.2, 0) is 20.2 Å². The third kappa shape index (κ3) is 6.86. The summed E-state index contributed by atoms with van der Waals surface area (Å²) in [6, 6.07) is 14.5. The molecule has 11 heteroatoms. The van der Waals surface area contributed by atoms with Gasteiger partial charge in [0.05, 0.1) is 6.61 Å². The average molecular weight is 605 g/mol. The summed E-state index contributed by atoms with van der Waals surface area (Å²) in [5, 5.41) is 0. The third-order valence-electron chi connectivity index (χ3n) is 7.14. The Bertz CT molecular complexity index is 1560. The highest BCUT2D eigenvalue weighted by Gasteiger charge is 2.36. The zero-order chi connectivity index (χ0) is 30.5. The lowest BCUT2D eigenvalue weighted by Crippen LogP contribution is -2.21. The Balaban J connectivity index is 2.53. The first-order valence-electron chi connectivity index (χ1n) is 13.8. The van der Waals surface area contributed by atoms with Crippen LogP contribution in [0.5, 0.6) is 5.75 Å². The van der Waals surface area contributed by atoms with Crippen LogP contribution >= 0.6 is 0 Å². The van der Waals surface area contributed by atoms with Crippen LogP contribution in [0, 0.1) is 6.92 Å². The normalized spacial score (nSPS) is 11.9. The van der Waals surface area contributed by atoms with Crippen LogP contribution in [0.1, 0.15) is 46.6 Å².